The van der Waals surface area contributed by atoms with Crippen molar-refractivity contribution in [1.82, 2.24) is 14.5 Å². The van der Waals surface area contributed by atoms with Gasteiger partial charge in [0.05, 0.1) is 22.2 Å². The average Bonchev–Trinajstić information content (AvgIpc) is 2.73. The summed E-state index contributed by atoms with van der Waals surface area (Å²) in [5.41, 5.74) is -0.189. The van der Waals surface area contributed by atoms with Gasteiger partial charge in [-0.3, -0.25) is 14.2 Å². The lowest BCUT2D eigenvalue weighted by atomic mass is 9.81. The summed E-state index contributed by atoms with van der Waals surface area (Å²) >= 11 is 1.29. The second-order valence-electron chi connectivity index (χ2n) is 8.04. The molecule has 0 radical (unpaired) electrons. The lowest BCUT2D eigenvalue weighted by Gasteiger charge is -2.40. The molecule has 154 valence electrons. The number of nitriles is 1. The van der Waals surface area contributed by atoms with Gasteiger partial charge in [0.25, 0.3) is 5.56 Å². The van der Waals surface area contributed by atoms with E-state index in [1.165, 1.54) is 11.8 Å². The molecule has 0 aliphatic heterocycles. The number of thioether (sulfide) groups is 1. The Morgan fingerprint density at radius 1 is 1.24 bits per heavy atom. The zero-order valence-electron chi connectivity index (χ0n) is 17.5. The molecule has 2 aromatic rings. The van der Waals surface area contributed by atoms with Crippen molar-refractivity contribution in [2.45, 2.75) is 74.9 Å². The van der Waals surface area contributed by atoms with Crippen LogP contribution in [-0.4, -0.2) is 38.2 Å². The van der Waals surface area contributed by atoms with Crippen LogP contribution in [-0.2, 0) is 4.79 Å². The van der Waals surface area contributed by atoms with Crippen LogP contribution in [0, 0.1) is 11.3 Å². The van der Waals surface area contributed by atoms with Crippen molar-refractivity contribution < 1.29 is 4.79 Å². The predicted molar refractivity (Wildman–Crippen MR) is 116 cm³/mol. The molecule has 1 atom stereocenters. The largest absolute Gasteiger partial charge is 0.326 e. The average molecular weight is 413 g/mol. The summed E-state index contributed by atoms with van der Waals surface area (Å²) in [4.78, 5) is 32.5. The number of carbonyl (C=O) groups is 1. The number of amides is 1. The summed E-state index contributed by atoms with van der Waals surface area (Å²) in [7, 11) is 1.73. The zero-order chi connectivity index (χ0) is 21.2. The van der Waals surface area contributed by atoms with Gasteiger partial charge in [0.2, 0.25) is 5.91 Å². The Morgan fingerprint density at radius 3 is 2.52 bits per heavy atom. The first-order valence-corrected chi connectivity index (χ1v) is 11.1. The van der Waals surface area contributed by atoms with Gasteiger partial charge in [-0.2, -0.15) is 5.26 Å². The summed E-state index contributed by atoms with van der Waals surface area (Å²) in [6.45, 7) is 5.70. The van der Waals surface area contributed by atoms with Crippen LogP contribution in [0.1, 0.15) is 58.9 Å². The van der Waals surface area contributed by atoms with E-state index in [2.05, 4.69) is 11.1 Å². The number of hydrogen-bond acceptors (Lipinski definition) is 5. The fourth-order valence-electron chi connectivity index (χ4n) is 4.02. The van der Waals surface area contributed by atoms with E-state index in [1.807, 2.05) is 39.0 Å². The quantitative estimate of drug-likeness (QED) is 0.545. The highest BCUT2D eigenvalue weighted by molar-refractivity contribution is 8.00. The van der Waals surface area contributed by atoms with Gasteiger partial charge in [-0.05, 0) is 45.7 Å². The number of nitrogens with zero attached hydrogens (tertiary/aromatic N) is 4. The molecule has 1 amide bonds. The smallest absolute Gasteiger partial charge is 0.262 e. The van der Waals surface area contributed by atoms with Crippen molar-refractivity contribution in [3.63, 3.8) is 0 Å². The van der Waals surface area contributed by atoms with Gasteiger partial charge in [-0.25, -0.2) is 4.98 Å². The number of hydrogen-bond donors (Lipinski definition) is 0. The summed E-state index contributed by atoms with van der Waals surface area (Å²) in [6.07, 6.45) is 4.47. The fraction of sp³-hybridized carbons (Fsp3) is 0.545. The van der Waals surface area contributed by atoms with Gasteiger partial charge < -0.3 is 4.90 Å². The van der Waals surface area contributed by atoms with E-state index < -0.39 is 10.8 Å². The number of rotatable bonds is 5. The van der Waals surface area contributed by atoms with Crippen molar-refractivity contribution in [3.05, 3.63) is 34.6 Å². The molecule has 1 aromatic carbocycles. The molecular weight excluding hydrogens is 384 g/mol. The second-order valence-corrected chi connectivity index (χ2v) is 9.35. The molecule has 0 unspecified atom stereocenters. The number of aromatic nitrogens is 2. The molecule has 0 N–H and O–H groups in total. The Hall–Kier alpha value is -2.33. The monoisotopic (exact) mass is 412 g/mol. The van der Waals surface area contributed by atoms with Gasteiger partial charge in [0.1, 0.15) is 5.54 Å². The lowest BCUT2D eigenvalue weighted by Crippen LogP contribution is -2.52. The molecule has 1 aliphatic rings. The van der Waals surface area contributed by atoms with Crippen LogP contribution < -0.4 is 5.56 Å². The first-order chi connectivity index (χ1) is 13.8. The van der Waals surface area contributed by atoms with E-state index in [0.717, 1.165) is 19.3 Å². The maximum Gasteiger partial charge on any atom is 0.262 e. The Labute approximate surface area is 175 Å². The molecule has 1 fully saturated rings. The van der Waals surface area contributed by atoms with Gasteiger partial charge in [-0.1, -0.05) is 43.2 Å². The van der Waals surface area contributed by atoms with Crippen LogP contribution >= 0.6 is 11.8 Å². The molecule has 1 aromatic heterocycles. The van der Waals surface area contributed by atoms with Gasteiger partial charge in [-0.15, -0.1) is 0 Å². The van der Waals surface area contributed by atoms with Crippen LogP contribution in [0.25, 0.3) is 10.9 Å². The third-order valence-electron chi connectivity index (χ3n) is 5.78. The molecule has 0 spiro atoms. The Bertz CT molecular complexity index is 1000. The van der Waals surface area contributed by atoms with Crippen molar-refractivity contribution in [2.75, 3.05) is 7.05 Å². The number of fused-ring (bicyclic) bond motifs is 1. The summed E-state index contributed by atoms with van der Waals surface area (Å²) in [5.74, 6) is -0.101. The Kier molecular flexibility index (Phi) is 6.33. The summed E-state index contributed by atoms with van der Waals surface area (Å²) < 4.78 is 1.65. The highest BCUT2D eigenvalue weighted by Crippen LogP contribution is 2.34. The molecular formula is C22H28N4O2S. The number of benzene rings is 1. The number of para-hydroxylation sites is 1. The second kappa shape index (κ2) is 8.58. The molecule has 1 saturated carbocycles. The molecule has 7 heteroatoms. The van der Waals surface area contributed by atoms with Crippen molar-refractivity contribution in [1.29, 1.82) is 5.26 Å². The minimum Gasteiger partial charge on any atom is -0.326 e. The van der Waals surface area contributed by atoms with Crippen LogP contribution in [0.15, 0.2) is 34.2 Å². The maximum absolute atomic E-state index is 13.2. The van der Waals surface area contributed by atoms with Crippen LogP contribution in [0.4, 0.5) is 0 Å². The molecule has 29 heavy (non-hydrogen) atoms. The fourth-order valence-corrected chi connectivity index (χ4v) is 5.15. The minimum atomic E-state index is -0.724. The van der Waals surface area contributed by atoms with Gasteiger partial charge in [0.15, 0.2) is 5.16 Å². The van der Waals surface area contributed by atoms with E-state index in [9.17, 15) is 14.9 Å². The Balaban J connectivity index is 1.92. The molecule has 6 nitrogen and oxygen atoms in total. The Morgan fingerprint density at radius 2 is 1.90 bits per heavy atom. The molecule has 1 heterocycles. The zero-order valence-corrected chi connectivity index (χ0v) is 18.3. The SMILES string of the molecule is CC(C)n1c(S[C@H](C)C(=O)N(C)C2(C#N)CCCCC2)nc2ccccc2c1=O. The highest BCUT2D eigenvalue weighted by Gasteiger charge is 2.40. The van der Waals surface area contributed by atoms with Crippen LogP contribution in [0.5, 0.6) is 0 Å². The van der Waals surface area contributed by atoms with E-state index >= 15 is 0 Å². The summed E-state index contributed by atoms with van der Waals surface area (Å²) in [6, 6.07) is 9.60. The molecule has 1 aliphatic carbocycles. The van der Waals surface area contributed by atoms with E-state index in [-0.39, 0.29) is 17.5 Å². The van der Waals surface area contributed by atoms with Crippen LogP contribution in [0.3, 0.4) is 0 Å². The van der Waals surface area contributed by atoms with Gasteiger partial charge in [0, 0.05) is 13.1 Å². The third kappa shape index (κ3) is 4.04. The summed E-state index contributed by atoms with van der Waals surface area (Å²) in [5, 5.41) is 10.5. The molecule has 0 bridgehead atoms. The first-order valence-electron chi connectivity index (χ1n) is 10.2. The lowest BCUT2D eigenvalue weighted by molar-refractivity contribution is -0.133. The minimum absolute atomic E-state index is 0.0778. The topological polar surface area (TPSA) is 79.0 Å². The van der Waals surface area contributed by atoms with Crippen LogP contribution in [0.2, 0.25) is 0 Å². The van der Waals surface area contributed by atoms with E-state index in [0.29, 0.717) is 28.9 Å². The standard InChI is InChI=1S/C22H28N4O2S/c1-15(2)26-20(28)17-10-6-7-11-18(17)24-21(26)29-16(3)19(27)25(4)22(14-23)12-8-5-9-13-22/h6-7,10-11,15-16H,5,8-9,12-13H2,1-4H3/t16-/m1/s1. The molecule has 0 saturated heterocycles. The van der Waals surface area contributed by atoms with Gasteiger partial charge >= 0.3 is 0 Å². The normalized spacial score (nSPS) is 17.1. The first kappa shape index (κ1) is 21.4. The number of carbonyl (C=O) groups excluding carboxylic acids is 1. The molecule has 3 rings (SSSR count). The van der Waals surface area contributed by atoms with Crippen molar-refractivity contribution in [3.8, 4) is 6.07 Å². The van der Waals surface area contributed by atoms with E-state index in [1.54, 1.807) is 22.6 Å². The third-order valence-corrected chi connectivity index (χ3v) is 6.84. The predicted octanol–water partition coefficient (Wildman–Crippen LogP) is 4.14. The highest BCUT2D eigenvalue weighted by atomic mass is 32.2. The maximum atomic E-state index is 13.2. The van der Waals surface area contributed by atoms with Crippen molar-refractivity contribution >= 4 is 28.6 Å². The van der Waals surface area contributed by atoms with E-state index in [4.69, 9.17) is 0 Å². The van der Waals surface area contributed by atoms with Crippen molar-refractivity contribution in [2.24, 2.45) is 0 Å².